The molecule has 0 radical (unpaired) electrons. The van der Waals surface area contributed by atoms with Crippen molar-refractivity contribution in [3.05, 3.63) is 50.0 Å². The molecule has 6 nitrogen and oxygen atoms in total. The monoisotopic (exact) mass is 472 g/mol. The Kier molecular flexibility index (Phi) is 5.43. The summed E-state index contributed by atoms with van der Waals surface area (Å²) in [7, 11) is 0. The lowest BCUT2D eigenvalue weighted by Gasteiger charge is -2.09. The van der Waals surface area contributed by atoms with Crippen LogP contribution in [-0.4, -0.2) is 18.5 Å². The zero-order chi connectivity index (χ0) is 20.5. The fraction of sp³-hybridized carbons (Fsp3) is 0.286. The Labute approximate surface area is 179 Å². The Morgan fingerprint density at radius 1 is 1.34 bits per heavy atom. The molecular formula is C21H17BrN2O4S. The molecule has 1 amide bonds. The van der Waals surface area contributed by atoms with Gasteiger partial charge in [-0.25, -0.2) is 4.79 Å². The third-order valence-electron chi connectivity index (χ3n) is 4.95. The molecule has 0 bridgehead atoms. The van der Waals surface area contributed by atoms with Crippen molar-refractivity contribution in [2.75, 3.05) is 11.9 Å². The Bertz CT molecular complexity index is 1170. The van der Waals surface area contributed by atoms with Gasteiger partial charge in [0.1, 0.15) is 16.7 Å². The number of halogens is 1. The van der Waals surface area contributed by atoms with Gasteiger partial charge in [-0.3, -0.25) is 4.79 Å². The molecule has 8 heteroatoms. The molecule has 1 aromatic carbocycles. The number of esters is 1. The van der Waals surface area contributed by atoms with Crippen LogP contribution in [0.5, 0.6) is 0 Å². The van der Waals surface area contributed by atoms with Crippen LogP contribution in [0.2, 0.25) is 0 Å². The molecule has 4 rings (SSSR count). The summed E-state index contributed by atoms with van der Waals surface area (Å²) in [6.45, 7) is 1.32. The second kappa shape index (κ2) is 8.01. The van der Waals surface area contributed by atoms with E-state index in [0.29, 0.717) is 21.7 Å². The highest BCUT2D eigenvalue weighted by Crippen LogP contribution is 2.37. The number of thiophene rings is 1. The van der Waals surface area contributed by atoms with Crippen LogP contribution >= 0.6 is 27.3 Å². The molecule has 148 valence electrons. The first kappa shape index (κ1) is 19.7. The predicted octanol–water partition coefficient (Wildman–Crippen LogP) is 5.11. The summed E-state index contributed by atoms with van der Waals surface area (Å²) in [6.07, 6.45) is 3.94. The maximum Gasteiger partial charge on any atom is 0.375 e. The van der Waals surface area contributed by atoms with E-state index in [0.717, 1.165) is 46.0 Å². The summed E-state index contributed by atoms with van der Waals surface area (Å²) in [5, 5.41) is 13.5. The van der Waals surface area contributed by atoms with Gasteiger partial charge in [0.25, 0.3) is 5.91 Å². The van der Waals surface area contributed by atoms with Gasteiger partial charge in [-0.2, -0.15) is 5.26 Å². The van der Waals surface area contributed by atoms with E-state index in [1.54, 1.807) is 13.0 Å². The zero-order valence-corrected chi connectivity index (χ0v) is 18.0. The first-order valence-electron chi connectivity index (χ1n) is 9.18. The lowest BCUT2D eigenvalue weighted by Crippen LogP contribution is -2.21. The van der Waals surface area contributed by atoms with Gasteiger partial charge in [-0.05, 0) is 56.4 Å². The maximum atomic E-state index is 12.4. The fourth-order valence-corrected chi connectivity index (χ4v) is 5.14. The number of furan rings is 1. The Morgan fingerprint density at radius 3 is 2.93 bits per heavy atom. The summed E-state index contributed by atoms with van der Waals surface area (Å²) >= 11 is 4.83. The second-order valence-corrected chi connectivity index (χ2v) is 8.87. The Balaban J connectivity index is 1.44. The molecular weight excluding hydrogens is 456 g/mol. The smallest absolute Gasteiger partial charge is 0.375 e. The van der Waals surface area contributed by atoms with E-state index in [4.69, 9.17) is 9.15 Å². The largest absolute Gasteiger partial charge is 0.450 e. The second-order valence-electron chi connectivity index (χ2n) is 6.85. The quantitative estimate of drug-likeness (QED) is 0.532. The number of carbonyl (C=O) groups excluding carboxylic acids is 2. The number of carbonyl (C=O) groups is 2. The summed E-state index contributed by atoms with van der Waals surface area (Å²) in [5.74, 6) is -1.10. The minimum absolute atomic E-state index is 0.0789. The molecule has 0 saturated carbocycles. The number of hydrogen-bond acceptors (Lipinski definition) is 6. The van der Waals surface area contributed by atoms with Gasteiger partial charge >= 0.3 is 5.97 Å². The minimum Gasteiger partial charge on any atom is -0.450 e. The molecule has 2 aromatic heterocycles. The molecule has 0 atom stereocenters. The van der Waals surface area contributed by atoms with Crippen LogP contribution in [0.1, 0.15) is 45.0 Å². The predicted molar refractivity (Wildman–Crippen MR) is 113 cm³/mol. The SMILES string of the molecule is Cc1c(C(=O)OCC(=O)Nc2sc3c(c2C#N)CCCC3)oc2ccc(Br)cc12. The minimum atomic E-state index is -0.698. The third kappa shape index (κ3) is 3.80. The number of hydrogen-bond donors (Lipinski definition) is 1. The van der Waals surface area contributed by atoms with Gasteiger partial charge in [-0.1, -0.05) is 15.9 Å². The van der Waals surface area contributed by atoms with E-state index >= 15 is 0 Å². The highest BCUT2D eigenvalue weighted by molar-refractivity contribution is 9.10. The van der Waals surface area contributed by atoms with Crippen LogP contribution in [0.4, 0.5) is 5.00 Å². The highest BCUT2D eigenvalue weighted by atomic mass is 79.9. The summed E-state index contributed by atoms with van der Waals surface area (Å²) < 4.78 is 11.6. The van der Waals surface area contributed by atoms with E-state index < -0.39 is 18.5 Å². The molecule has 1 aliphatic rings. The first-order valence-corrected chi connectivity index (χ1v) is 10.8. The average molecular weight is 473 g/mol. The van der Waals surface area contributed by atoms with Crippen molar-refractivity contribution in [2.45, 2.75) is 32.6 Å². The number of nitrogens with zero attached hydrogens (tertiary/aromatic N) is 1. The molecule has 29 heavy (non-hydrogen) atoms. The Morgan fingerprint density at radius 2 is 2.14 bits per heavy atom. The standard InChI is InChI=1S/C21H17BrN2O4S/c1-11-14-8-12(22)6-7-16(14)28-19(11)21(26)27-10-18(25)24-20-15(9-23)13-4-2-3-5-17(13)29-20/h6-8H,2-5,10H2,1H3,(H,24,25). The van der Waals surface area contributed by atoms with E-state index in [2.05, 4.69) is 27.3 Å². The number of rotatable bonds is 4. The highest BCUT2D eigenvalue weighted by Gasteiger charge is 2.23. The van der Waals surface area contributed by atoms with Gasteiger partial charge < -0.3 is 14.5 Å². The van der Waals surface area contributed by atoms with Gasteiger partial charge in [0.05, 0.1) is 5.56 Å². The van der Waals surface area contributed by atoms with Crippen molar-refractivity contribution in [2.24, 2.45) is 0 Å². The molecule has 1 N–H and O–H groups in total. The fourth-order valence-electron chi connectivity index (χ4n) is 3.52. The van der Waals surface area contributed by atoms with Crippen molar-refractivity contribution in [1.29, 1.82) is 5.26 Å². The van der Waals surface area contributed by atoms with Crippen molar-refractivity contribution < 1.29 is 18.7 Å². The number of anilines is 1. The van der Waals surface area contributed by atoms with Crippen molar-refractivity contribution in [3.8, 4) is 6.07 Å². The Hall–Kier alpha value is -2.63. The molecule has 0 saturated heterocycles. The number of amides is 1. The van der Waals surface area contributed by atoms with Crippen LogP contribution in [-0.2, 0) is 22.4 Å². The number of fused-ring (bicyclic) bond motifs is 2. The number of ether oxygens (including phenoxy) is 1. The van der Waals surface area contributed by atoms with Crippen LogP contribution < -0.4 is 5.32 Å². The molecule has 3 aromatic rings. The molecule has 0 fully saturated rings. The van der Waals surface area contributed by atoms with Gasteiger partial charge in [0, 0.05) is 20.3 Å². The molecule has 2 heterocycles. The van der Waals surface area contributed by atoms with E-state index in [-0.39, 0.29) is 5.76 Å². The molecule has 0 aliphatic heterocycles. The van der Waals surface area contributed by atoms with E-state index in [1.807, 2.05) is 12.1 Å². The van der Waals surface area contributed by atoms with Crippen LogP contribution in [0.3, 0.4) is 0 Å². The topological polar surface area (TPSA) is 92.3 Å². The number of nitrogens with one attached hydrogen (secondary N) is 1. The lowest BCUT2D eigenvalue weighted by atomic mass is 9.96. The molecule has 0 spiro atoms. The van der Waals surface area contributed by atoms with Gasteiger partial charge in [0.15, 0.2) is 6.61 Å². The van der Waals surface area contributed by atoms with Gasteiger partial charge in [-0.15, -0.1) is 11.3 Å². The number of nitriles is 1. The third-order valence-corrected chi connectivity index (χ3v) is 6.65. The van der Waals surface area contributed by atoms with Crippen LogP contribution in [0, 0.1) is 18.3 Å². The normalized spacial score (nSPS) is 13.0. The maximum absolute atomic E-state index is 12.4. The number of benzene rings is 1. The number of aryl methyl sites for hydroxylation is 2. The molecule has 1 aliphatic carbocycles. The van der Waals surface area contributed by atoms with Crippen LogP contribution in [0.25, 0.3) is 11.0 Å². The average Bonchev–Trinajstić information content (AvgIpc) is 3.23. The van der Waals surface area contributed by atoms with E-state index in [1.165, 1.54) is 11.3 Å². The van der Waals surface area contributed by atoms with Crippen LogP contribution in [0.15, 0.2) is 27.1 Å². The molecule has 0 unspecified atom stereocenters. The van der Waals surface area contributed by atoms with Crippen molar-refractivity contribution >= 4 is 55.1 Å². The van der Waals surface area contributed by atoms with E-state index in [9.17, 15) is 14.9 Å². The van der Waals surface area contributed by atoms with Crippen molar-refractivity contribution in [1.82, 2.24) is 0 Å². The van der Waals surface area contributed by atoms with Gasteiger partial charge in [0.2, 0.25) is 5.76 Å². The first-order chi connectivity index (χ1) is 14.0. The summed E-state index contributed by atoms with van der Waals surface area (Å²) in [4.78, 5) is 25.9. The lowest BCUT2D eigenvalue weighted by molar-refractivity contribution is -0.119. The summed E-state index contributed by atoms with van der Waals surface area (Å²) in [6, 6.07) is 7.64. The summed E-state index contributed by atoms with van der Waals surface area (Å²) in [5.41, 5.74) is 2.80. The van der Waals surface area contributed by atoms with Crippen molar-refractivity contribution in [3.63, 3.8) is 0 Å². The zero-order valence-electron chi connectivity index (χ0n) is 15.6.